The van der Waals surface area contributed by atoms with Gasteiger partial charge in [-0.25, -0.2) is 0 Å². The maximum Gasteiger partial charge on any atom is 0.311 e. The number of likely N-dealkylation sites (tertiary alicyclic amines) is 1. The number of benzene rings is 1. The first kappa shape index (κ1) is 15.9. The largest absolute Gasteiger partial charge is 0.481 e. The zero-order valence-electron chi connectivity index (χ0n) is 14.0. The maximum atomic E-state index is 13.0. The molecule has 0 bridgehead atoms. The molecule has 1 aliphatic carbocycles. The van der Waals surface area contributed by atoms with Gasteiger partial charge in [0.15, 0.2) is 0 Å². The van der Waals surface area contributed by atoms with Gasteiger partial charge in [0, 0.05) is 24.0 Å². The number of para-hydroxylation sites is 1. The maximum absolute atomic E-state index is 13.0. The fourth-order valence-electron chi connectivity index (χ4n) is 4.62. The first-order chi connectivity index (χ1) is 11.9. The van der Waals surface area contributed by atoms with E-state index in [0.29, 0.717) is 24.0 Å². The third-order valence-corrected chi connectivity index (χ3v) is 5.98. The summed E-state index contributed by atoms with van der Waals surface area (Å²) in [4.78, 5) is 41.7. The van der Waals surface area contributed by atoms with Crippen LogP contribution in [0.1, 0.15) is 35.2 Å². The van der Waals surface area contributed by atoms with E-state index in [2.05, 4.69) is 4.98 Å². The molecule has 0 unspecified atom stereocenters. The van der Waals surface area contributed by atoms with Crippen LogP contribution in [0, 0.1) is 18.3 Å². The summed E-state index contributed by atoms with van der Waals surface area (Å²) in [5.41, 5.74) is 0.210. The first-order valence-corrected chi connectivity index (χ1v) is 8.58. The van der Waals surface area contributed by atoms with Crippen molar-refractivity contribution in [3.05, 3.63) is 45.7 Å². The predicted octanol–water partition coefficient (Wildman–Crippen LogP) is 2.16. The molecule has 2 atom stereocenters. The lowest BCUT2D eigenvalue weighted by molar-refractivity contribution is -0.149. The van der Waals surface area contributed by atoms with Crippen LogP contribution in [0.4, 0.5) is 0 Å². The van der Waals surface area contributed by atoms with E-state index in [9.17, 15) is 19.5 Å². The molecule has 25 heavy (non-hydrogen) atoms. The number of carbonyl (C=O) groups excluding carboxylic acids is 1. The van der Waals surface area contributed by atoms with Crippen molar-refractivity contribution in [1.82, 2.24) is 9.88 Å². The van der Waals surface area contributed by atoms with Crippen molar-refractivity contribution in [2.24, 2.45) is 11.3 Å². The van der Waals surface area contributed by atoms with Crippen LogP contribution in [0.15, 0.2) is 29.1 Å². The number of H-pyrrole nitrogens is 1. The Balaban J connectivity index is 1.74. The molecule has 0 radical (unpaired) electrons. The Morgan fingerprint density at radius 3 is 2.80 bits per heavy atom. The van der Waals surface area contributed by atoms with Crippen LogP contribution in [-0.4, -0.2) is 40.0 Å². The zero-order valence-corrected chi connectivity index (χ0v) is 14.0. The molecule has 1 aromatic carbocycles. The monoisotopic (exact) mass is 340 g/mol. The van der Waals surface area contributed by atoms with Crippen molar-refractivity contribution in [2.75, 3.05) is 13.1 Å². The minimum Gasteiger partial charge on any atom is -0.481 e. The average Bonchev–Trinajstić information content (AvgIpc) is 3.13. The number of nitrogens with zero attached hydrogens (tertiary/aromatic N) is 1. The van der Waals surface area contributed by atoms with Gasteiger partial charge in [-0.15, -0.1) is 0 Å². The summed E-state index contributed by atoms with van der Waals surface area (Å²) in [6, 6.07) is 7.37. The smallest absolute Gasteiger partial charge is 0.311 e. The molecular formula is C19H20N2O4. The van der Waals surface area contributed by atoms with Gasteiger partial charge in [-0.05, 0) is 37.3 Å². The molecule has 1 saturated heterocycles. The fraction of sp³-hybridized carbons (Fsp3) is 0.421. The highest BCUT2D eigenvalue weighted by Gasteiger charge is 2.56. The van der Waals surface area contributed by atoms with Crippen molar-refractivity contribution >= 4 is 22.8 Å². The number of carbonyl (C=O) groups is 2. The summed E-state index contributed by atoms with van der Waals surface area (Å²) in [6.07, 6.45) is 2.31. The van der Waals surface area contributed by atoms with Gasteiger partial charge in [-0.3, -0.25) is 14.4 Å². The molecule has 4 rings (SSSR count). The Morgan fingerprint density at radius 2 is 2.08 bits per heavy atom. The summed E-state index contributed by atoms with van der Waals surface area (Å²) in [6.45, 7) is 2.38. The first-order valence-electron chi connectivity index (χ1n) is 8.58. The van der Waals surface area contributed by atoms with Crippen molar-refractivity contribution in [3.8, 4) is 0 Å². The van der Waals surface area contributed by atoms with Crippen molar-refractivity contribution in [1.29, 1.82) is 0 Å². The molecule has 1 aliphatic heterocycles. The summed E-state index contributed by atoms with van der Waals surface area (Å²) >= 11 is 0. The van der Waals surface area contributed by atoms with Crippen LogP contribution in [0.2, 0.25) is 0 Å². The molecule has 1 amide bonds. The number of hydrogen-bond acceptors (Lipinski definition) is 3. The predicted molar refractivity (Wildman–Crippen MR) is 92.6 cm³/mol. The van der Waals surface area contributed by atoms with E-state index in [-0.39, 0.29) is 23.9 Å². The summed E-state index contributed by atoms with van der Waals surface area (Å²) in [5.74, 6) is -1.21. The van der Waals surface area contributed by atoms with E-state index >= 15 is 0 Å². The van der Waals surface area contributed by atoms with Gasteiger partial charge in [-0.1, -0.05) is 24.6 Å². The van der Waals surface area contributed by atoms with Crippen molar-refractivity contribution < 1.29 is 14.7 Å². The Labute approximate surface area is 144 Å². The molecule has 1 saturated carbocycles. The number of aromatic amines is 1. The number of aryl methyl sites for hydroxylation is 1. The van der Waals surface area contributed by atoms with E-state index < -0.39 is 16.9 Å². The van der Waals surface area contributed by atoms with E-state index in [1.54, 1.807) is 17.9 Å². The van der Waals surface area contributed by atoms with Crippen LogP contribution in [0.25, 0.3) is 10.9 Å². The van der Waals surface area contributed by atoms with E-state index in [1.165, 1.54) is 0 Å². The summed E-state index contributed by atoms with van der Waals surface area (Å²) < 4.78 is 0. The number of fused-ring (bicyclic) bond motifs is 2. The second kappa shape index (κ2) is 5.44. The van der Waals surface area contributed by atoms with E-state index in [0.717, 1.165) is 18.2 Å². The number of nitrogens with one attached hydrogen (secondary N) is 1. The fourth-order valence-corrected chi connectivity index (χ4v) is 4.62. The standard InChI is InChI=1S/C19H20N2O4/c1-11-13-6-2-3-7-14(13)20-16(22)15(11)17(23)21-9-12-5-4-8-19(12,10-21)18(24)25/h2-3,6-7,12H,4-5,8-10H2,1H3,(H,20,22)(H,24,25)/t12-,19+/m0/s1. The van der Waals surface area contributed by atoms with Gasteiger partial charge >= 0.3 is 5.97 Å². The van der Waals surface area contributed by atoms with Gasteiger partial charge in [0.05, 0.1) is 5.41 Å². The Bertz CT molecular complexity index is 948. The molecule has 2 aliphatic rings. The van der Waals surface area contributed by atoms with Crippen LogP contribution < -0.4 is 5.56 Å². The van der Waals surface area contributed by atoms with Gasteiger partial charge in [-0.2, -0.15) is 0 Å². The Kier molecular flexibility index (Phi) is 3.45. The SMILES string of the molecule is Cc1c(C(=O)N2C[C@@H]3CCC[C@@]3(C(=O)O)C2)c(=O)[nH]c2ccccc12. The lowest BCUT2D eigenvalue weighted by Gasteiger charge is -2.23. The topological polar surface area (TPSA) is 90.5 Å². The summed E-state index contributed by atoms with van der Waals surface area (Å²) in [5, 5.41) is 10.5. The van der Waals surface area contributed by atoms with Crippen LogP contribution in [0.3, 0.4) is 0 Å². The molecule has 6 nitrogen and oxygen atoms in total. The molecule has 130 valence electrons. The minimum absolute atomic E-state index is 0.0196. The highest BCUT2D eigenvalue weighted by molar-refractivity contribution is 6.00. The number of carboxylic acids is 1. The van der Waals surface area contributed by atoms with Crippen LogP contribution >= 0.6 is 0 Å². The molecule has 0 spiro atoms. The number of aliphatic carboxylic acids is 1. The van der Waals surface area contributed by atoms with Gasteiger partial charge < -0.3 is 15.0 Å². The van der Waals surface area contributed by atoms with Crippen LogP contribution in [0.5, 0.6) is 0 Å². The van der Waals surface area contributed by atoms with Gasteiger partial charge in [0.2, 0.25) is 0 Å². The number of rotatable bonds is 2. The van der Waals surface area contributed by atoms with Crippen molar-refractivity contribution in [2.45, 2.75) is 26.2 Å². The third-order valence-electron chi connectivity index (χ3n) is 5.98. The highest BCUT2D eigenvalue weighted by atomic mass is 16.4. The third kappa shape index (κ3) is 2.20. The molecule has 2 heterocycles. The molecule has 6 heteroatoms. The minimum atomic E-state index is -0.840. The van der Waals surface area contributed by atoms with Gasteiger partial charge in [0.25, 0.3) is 11.5 Å². The molecule has 2 N–H and O–H groups in total. The summed E-state index contributed by atoms with van der Waals surface area (Å²) in [7, 11) is 0. The second-order valence-corrected chi connectivity index (χ2v) is 7.24. The number of aromatic nitrogens is 1. The Morgan fingerprint density at radius 1 is 1.32 bits per heavy atom. The normalized spacial score (nSPS) is 25.3. The van der Waals surface area contributed by atoms with E-state index in [1.807, 2.05) is 18.2 Å². The average molecular weight is 340 g/mol. The number of pyridine rings is 1. The van der Waals surface area contributed by atoms with Crippen LogP contribution in [-0.2, 0) is 4.79 Å². The quantitative estimate of drug-likeness (QED) is 0.876. The molecule has 2 aromatic rings. The second-order valence-electron chi connectivity index (χ2n) is 7.24. The number of carboxylic acid groups (broad SMARTS) is 1. The highest BCUT2D eigenvalue weighted by Crippen LogP contribution is 2.49. The Hall–Kier alpha value is -2.63. The molecule has 1 aromatic heterocycles. The lowest BCUT2D eigenvalue weighted by Crippen LogP contribution is -2.38. The zero-order chi connectivity index (χ0) is 17.8. The van der Waals surface area contributed by atoms with Gasteiger partial charge in [0.1, 0.15) is 5.56 Å². The van der Waals surface area contributed by atoms with E-state index in [4.69, 9.17) is 0 Å². The molecule has 2 fully saturated rings. The number of hydrogen-bond donors (Lipinski definition) is 2. The van der Waals surface area contributed by atoms with Crippen molar-refractivity contribution in [3.63, 3.8) is 0 Å². The number of amides is 1. The molecular weight excluding hydrogens is 320 g/mol. The lowest BCUT2D eigenvalue weighted by atomic mass is 9.81.